The molecule has 2 rings (SSSR count). The third kappa shape index (κ3) is 4.83. The van der Waals surface area contributed by atoms with Crippen molar-refractivity contribution in [3.8, 4) is 0 Å². The highest BCUT2D eigenvalue weighted by atomic mass is 35.5. The molecule has 0 amide bonds. The van der Waals surface area contributed by atoms with Gasteiger partial charge in [0.15, 0.2) is 5.78 Å². The number of halogens is 1. The van der Waals surface area contributed by atoms with Crippen molar-refractivity contribution in [2.24, 2.45) is 10.9 Å². The molecule has 4 nitrogen and oxygen atoms in total. The molecule has 2 unspecified atom stereocenters. The Balaban J connectivity index is 0.00000220. The van der Waals surface area contributed by atoms with E-state index in [4.69, 9.17) is 4.74 Å². The zero-order valence-corrected chi connectivity index (χ0v) is 13.4. The number of amidine groups is 1. The number of benzene rings is 1. The first-order chi connectivity index (χ1) is 9.72. The molecule has 116 valence electrons. The molecular weight excluding hydrogens is 288 g/mol. The van der Waals surface area contributed by atoms with Crippen LogP contribution in [0.25, 0.3) is 0 Å². The average molecular weight is 311 g/mol. The van der Waals surface area contributed by atoms with Crippen LogP contribution in [0.4, 0.5) is 0 Å². The zero-order valence-electron chi connectivity index (χ0n) is 12.5. The fraction of sp³-hybridized carbons (Fsp3) is 0.500. The Morgan fingerprint density at radius 3 is 2.67 bits per heavy atom. The SMILES string of the molecule is COC(C)CC(C(=O)c1ccccc1)C1=NCCCN1.Cl. The van der Waals surface area contributed by atoms with Crippen LogP contribution in [0, 0.1) is 5.92 Å². The van der Waals surface area contributed by atoms with Crippen LogP contribution in [0.5, 0.6) is 0 Å². The highest BCUT2D eigenvalue weighted by Crippen LogP contribution is 2.18. The minimum atomic E-state index is -0.243. The number of hydrogen-bond acceptors (Lipinski definition) is 4. The van der Waals surface area contributed by atoms with E-state index in [1.807, 2.05) is 37.3 Å². The Morgan fingerprint density at radius 2 is 2.10 bits per heavy atom. The van der Waals surface area contributed by atoms with Crippen molar-refractivity contribution in [3.05, 3.63) is 35.9 Å². The number of carbonyl (C=O) groups is 1. The molecule has 5 heteroatoms. The fourth-order valence-corrected chi connectivity index (χ4v) is 2.36. The van der Waals surface area contributed by atoms with E-state index in [1.54, 1.807) is 7.11 Å². The Morgan fingerprint density at radius 1 is 1.38 bits per heavy atom. The number of aliphatic imine (C=N–C) groups is 1. The van der Waals surface area contributed by atoms with Crippen molar-refractivity contribution >= 4 is 24.0 Å². The van der Waals surface area contributed by atoms with Gasteiger partial charge < -0.3 is 10.1 Å². The predicted octanol–water partition coefficient (Wildman–Crippen LogP) is 2.72. The quantitative estimate of drug-likeness (QED) is 0.822. The summed E-state index contributed by atoms with van der Waals surface area (Å²) in [5, 5.41) is 3.27. The lowest BCUT2D eigenvalue weighted by atomic mass is 9.90. The number of rotatable bonds is 6. The van der Waals surface area contributed by atoms with Gasteiger partial charge in [-0.3, -0.25) is 9.79 Å². The number of ketones is 1. The molecular formula is C16H23ClN2O2. The number of carbonyl (C=O) groups excluding carboxylic acids is 1. The third-order valence-corrected chi connectivity index (χ3v) is 3.60. The Hall–Kier alpha value is -1.39. The fourth-order valence-electron chi connectivity index (χ4n) is 2.36. The molecule has 2 atom stereocenters. The second-order valence-corrected chi connectivity index (χ2v) is 5.11. The maximum atomic E-state index is 12.7. The summed E-state index contributed by atoms with van der Waals surface area (Å²) in [6.07, 6.45) is 1.70. The molecule has 0 saturated heterocycles. The minimum Gasteiger partial charge on any atom is -0.382 e. The number of methoxy groups -OCH3 is 1. The van der Waals surface area contributed by atoms with E-state index in [1.165, 1.54) is 0 Å². The molecule has 0 spiro atoms. The molecule has 0 saturated carbocycles. The Bertz CT molecular complexity index is 476. The van der Waals surface area contributed by atoms with Gasteiger partial charge in [-0.05, 0) is 19.8 Å². The van der Waals surface area contributed by atoms with Crippen molar-refractivity contribution < 1.29 is 9.53 Å². The van der Waals surface area contributed by atoms with Crippen LogP contribution in [0.15, 0.2) is 35.3 Å². The molecule has 1 aromatic rings. The maximum absolute atomic E-state index is 12.7. The molecule has 1 aromatic carbocycles. The molecule has 1 heterocycles. The van der Waals surface area contributed by atoms with Gasteiger partial charge in [-0.15, -0.1) is 12.4 Å². The van der Waals surface area contributed by atoms with Crippen molar-refractivity contribution in [2.75, 3.05) is 20.2 Å². The van der Waals surface area contributed by atoms with E-state index >= 15 is 0 Å². The smallest absolute Gasteiger partial charge is 0.173 e. The van der Waals surface area contributed by atoms with Crippen LogP contribution in [-0.4, -0.2) is 37.9 Å². The van der Waals surface area contributed by atoms with Crippen LogP contribution in [0.1, 0.15) is 30.1 Å². The van der Waals surface area contributed by atoms with Crippen molar-refractivity contribution in [3.63, 3.8) is 0 Å². The van der Waals surface area contributed by atoms with Gasteiger partial charge in [-0.1, -0.05) is 30.3 Å². The van der Waals surface area contributed by atoms with Crippen LogP contribution in [0.3, 0.4) is 0 Å². The number of nitrogens with one attached hydrogen (secondary N) is 1. The third-order valence-electron chi connectivity index (χ3n) is 3.60. The molecule has 0 bridgehead atoms. The van der Waals surface area contributed by atoms with E-state index in [0.29, 0.717) is 6.42 Å². The van der Waals surface area contributed by atoms with Crippen LogP contribution >= 0.6 is 12.4 Å². The van der Waals surface area contributed by atoms with Gasteiger partial charge in [0.2, 0.25) is 0 Å². The van der Waals surface area contributed by atoms with Crippen LogP contribution in [0.2, 0.25) is 0 Å². The van der Waals surface area contributed by atoms with Gasteiger partial charge >= 0.3 is 0 Å². The topological polar surface area (TPSA) is 50.7 Å². The molecule has 21 heavy (non-hydrogen) atoms. The van der Waals surface area contributed by atoms with Crippen molar-refractivity contribution in [1.82, 2.24) is 5.32 Å². The highest BCUT2D eigenvalue weighted by Gasteiger charge is 2.28. The Labute approximate surface area is 132 Å². The monoisotopic (exact) mass is 310 g/mol. The average Bonchev–Trinajstić information content (AvgIpc) is 2.53. The molecule has 0 fully saturated rings. The van der Waals surface area contributed by atoms with E-state index < -0.39 is 0 Å². The number of Topliss-reactive ketones (excluding diaryl/α,β-unsaturated/α-hetero) is 1. The Kier molecular flexibility index (Phi) is 7.40. The lowest BCUT2D eigenvalue weighted by Gasteiger charge is -2.24. The number of nitrogens with zero attached hydrogens (tertiary/aromatic N) is 1. The summed E-state index contributed by atoms with van der Waals surface area (Å²) in [6.45, 7) is 3.66. The van der Waals surface area contributed by atoms with E-state index in [9.17, 15) is 4.79 Å². The van der Waals surface area contributed by atoms with Crippen molar-refractivity contribution in [1.29, 1.82) is 0 Å². The standard InChI is InChI=1S/C16H22N2O2.ClH/c1-12(20-2)11-14(16-17-9-6-10-18-16)15(19)13-7-4-3-5-8-13;/h3-5,7-8,12,14H,6,9-11H2,1-2H3,(H,17,18);1H. The molecule has 0 aliphatic carbocycles. The van der Waals surface area contributed by atoms with E-state index in [0.717, 1.165) is 30.9 Å². The van der Waals surface area contributed by atoms with Gasteiger partial charge in [0, 0.05) is 25.8 Å². The van der Waals surface area contributed by atoms with Gasteiger partial charge in [0.05, 0.1) is 12.0 Å². The van der Waals surface area contributed by atoms with E-state index in [2.05, 4.69) is 10.3 Å². The van der Waals surface area contributed by atoms with Crippen LogP contribution < -0.4 is 5.32 Å². The molecule has 1 aliphatic rings. The summed E-state index contributed by atoms with van der Waals surface area (Å²) in [4.78, 5) is 17.2. The zero-order chi connectivity index (χ0) is 14.4. The summed E-state index contributed by atoms with van der Waals surface area (Å²) in [7, 11) is 1.67. The molecule has 1 N–H and O–H groups in total. The highest BCUT2D eigenvalue weighted by molar-refractivity contribution is 6.11. The number of ether oxygens (including phenoxy) is 1. The first-order valence-corrected chi connectivity index (χ1v) is 7.12. The minimum absolute atomic E-state index is 0. The summed E-state index contributed by atoms with van der Waals surface area (Å²) in [5.41, 5.74) is 0.732. The van der Waals surface area contributed by atoms with Gasteiger partial charge in [-0.25, -0.2) is 0 Å². The normalized spacial score (nSPS) is 17.0. The maximum Gasteiger partial charge on any atom is 0.173 e. The molecule has 0 radical (unpaired) electrons. The van der Waals surface area contributed by atoms with Gasteiger partial charge in [0.25, 0.3) is 0 Å². The second kappa shape index (κ2) is 8.80. The summed E-state index contributed by atoms with van der Waals surface area (Å²) in [5.74, 6) is 0.685. The first-order valence-electron chi connectivity index (χ1n) is 7.12. The first kappa shape index (κ1) is 17.7. The van der Waals surface area contributed by atoms with Gasteiger partial charge in [-0.2, -0.15) is 0 Å². The summed E-state index contributed by atoms with van der Waals surface area (Å²) >= 11 is 0. The predicted molar refractivity (Wildman–Crippen MR) is 87.5 cm³/mol. The number of hydrogen-bond donors (Lipinski definition) is 1. The van der Waals surface area contributed by atoms with Crippen molar-refractivity contribution in [2.45, 2.75) is 25.9 Å². The lowest BCUT2D eigenvalue weighted by molar-refractivity contribution is 0.0812. The summed E-state index contributed by atoms with van der Waals surface area (Å²) in [6, 6.07) is 9.41. The molecule has 0 aromatic heterocycles. The summed E-state index contributed by atoms with van der Waals surface area (Å²) < 4.78 is 5.32. The largest absolute Gasteiger partial charge is 0.382 e. The second-order valence-electron chi connectivity index (χ2n) is 5.11. The van der Waals surface area contributed by atoms with Gasteiger partial charge in [0.1, 0.15) is 5.84 Å². The lowest BCUT2D eigenvalue weighted by Crippen LogP contribution is -2.40. The molecule has 1 aliphatic heterocycles. The van der Waals surface area contributed by atoms with E-state index in [-0.39, 0.29) is 30.2 Å². The van der Waals surface area contributed by atoms with Crippen LogP contribution in [-0.2, 0) is 4.74 Å².